The van der Waals surface area contributed by atoms with E-state index in [4.69, 9.17) is 15.2 Å². The van der Waals surface area contributed by atoms with E-state index in [0.717, 1.165) is 11.5 Å². The number of rotatable bonds is 2. The third-order valence-corrected chi connectivity index (χ3v) is 2.97. The number of hydrogen-bond acceptors (Lipinski definition) is 7. The van der Waals surface area contributed by atoms with Gasteiger partial charge in [-0.1, -0.05) is 4.49 Å². The van der Waals surface area contributed by atoms with E-state index in [2.05, 4.69) is 14.9 Å². The quantitative estimate of drug-likeness (QED) is 0.788. The average Bonchev–Trinajstić information content (AvgIpc) is 2.98. The third-order valence-electron chi connectivity index (χ3n) is 2.39. The maximum atomic E-state index is 12.0. The fraction of sp³-hybridized carbons (Fsp3) is 0.100. The molecule has 0 radical (unpaired) electrons. The molecule has 3 rings (SSSR count). The van der Waals surface area contributed by atoms with Crippen molar-refractivity contribution in [3.05, 3.63) is 23.9 Å². The van der Waals surface area contributed by atoms with Crippen LogP contribution in [0, 0.1) is 0 Å². The highest BCUT2D eigenvalue weighted by atomic mass is 32.1. The first-order chi connectivity index (χ1) is 8.74. The number of hydrogen-bond donors (Lipinski definition) is 2. The standard InChI is InChI=1S/C10H8N4O3S/c11-6-2-8-7(16-4-17-8)1-5(6)10(15)13-9-3-12-14-18-9/h1-3H,4,11H2,(H,13,15). The van der Waals surface area contributed by atoms with Crippen LogP contribution < -0.4 is 20.5 Å². The molecule has 1 aliphatic heterocycles. The van der Waals surface area contributed by atoms with Crippen molar-refractivity contribution in [3.63, 3.8) is 0 Å². The van der Waals surface area contributed by atoms with Crippen LogP contribution in [-0.2, 0) is 0 Å². The number of amides is 1. The lowest BCUT2D eigenvalue weighted by molar-refractivity contribution is 0.102. The largest absolute Gasteiger partial charge is 0.454 e. The van der Waals surface area contributed by atoms with Crippen LogP contribution in [0.5, 0.6) is 11.5 Å². The minimum Gasteiger partial charge on any atom is -0.454 e. The van der Waals surface area contributed by atoms with Crippen LogP contribution >= 0.6 is 11.5 Å². The van der Waals surface area contributed by atoms with Gasteiger partial charge in [0.2, 0.25) is 6.79 Å². The molecule has 18 heavy (non-hydrogen) atoms. The fourth-order valence-electron chi connectivity index (χ4n) is 1.56. The Morgan fingerprint density at radius 1 is 1.39 bits per heavy atom. The molecule has 2 aromatic rings. The summed E-state index contributed by atoms with van der Waals surface area (Å²) in [5.41, 5.74) is 6.45. The normalized spacial score (nSPS) is 12.4. The predicted molar refractivity (Wildman–Crippen MR) is 64.8 cm³/mol. The summed E-state index contributed by atoms with van der Waals surface area (Å²) >= 11 is 1.09. The maximum Gasteiger partial charge on any atom is 0.258 e. The van der Waals surface area contributed by atoms with Gasteiger partial charge >= 0.3 is 0 Å². The second-order valence-corrected chi connectivity index (χ2v) is 4.31. The summed E-state index contributed by atoms with van der Waals surface area (Å²) in [6.07, 6.45) is 1.46. The topological polar surface area (TPSA) is 99.4 Å². The summed E-state index contributed by atoms with van der Waals surface area (Å²) in [5, 5.41) is 6.83. The van der Waals surface area contributed by atoms with E-state index in [1.807, 2.05) is 0 Å². The monoisotopic (exact) mass is 264 g/mol. The van der Waals surface area contributed by atoms with Crippen molar-refractivity contribution in [2.45, 2.75) is 0 Å². The van der Waals surface area contributed by atoms with Gasteiger partial charge in [-0.3, -0.25) is 4.79 Å². The number of nitrogens with zero attached hydrogens (tertiary/aromatic N) is 2. The smallest absolute Gasteiger partial charge is 0.258 e. The summed E-state index contributed by atoms with van der Waals surface area (Å²) in [7, 11) is 0. The molecule has 8 heteroatoms. The molecular weight excluding hydrogens is 256 g/mol. The number of carbonyl (C=O) groups is 1. The van der Waals surface area contributed by atoms with E-state index >= 15 is 0 Å². The number of nitrogens with two attached hydrogens (primary N) is 1. The molecule has 0 aliphatic carbocycles. The third kappa shape index (κ3) is 1.82. The molecule has 1 aromatic heterocycles. The van der Waals surface area contributed by atoms with Crippen molar-refractivity contribution < 1.29 is 14.3 Å². The summed E-state index contributed by atoms with van der Waals surface area (Å²) < 4.78 is 14.0. The van der Waals surface area contributed by atoms with Crippen LogP contribution in [-0.4, -0.2) is 22.3 Å². The zero-order chi connectivity index (χ0) is 12.5. The van der Waals surface area contributed by atoms with Gasteiger partial charge in [-0.05, 0) is 6.07 Å². The Labute approximate surface area is 106 Å². The molecule has 7 nitrogen and oxygen atoms in total. The van der Waals surface area contributed by atoms with Gasteiger partial charge in [0.15, 0.2) is 11.5 Å². The van der Waals surface area contributed by atoms with Gasteiger partial charge in [-0.15, -0.1) is 5.10 Å². The van der Waals surface area contributed by atoms with Gasteiger partial charge in [-0.25, -0.2) is 0 Å². The van der Waals surface area contributed by atoms with E-state index in [9.17, 15) is 4.79 Å². The van der Waals surface area contributed by atoms with Crippen LogP contribution in [0.2, 0.25) is 0 Å². The number of nitrogen functional groups attached to an aromatic ring is 1. The Bertz CT molecular complexity index is 599. The van der Waals surface area contributed by atoms with Gasteiger partial charge in [0, 0.05) is 23.3 Å². The molecule has 92 valence electrons. The fourth-order valence-corrected chi connectivity index (χ4v) is 1.97. The summed E-state index contributed by atoms with van der Waals surface area (Å²) in [4.78, 5) is 12.0. The Kier molecular flexibility index (Phi) is 2.49. The molecule has 1 aromatic carbocycles. The molecule has 0 unspecified atom stereocenters. The number of anilines is 2. The number of nitrogens with one attached hydrogen (secondary N) is 1. The van der Waals surface area contributed by atoms with Crippen LogP contribution in [0.25, 0.3) is 0 Å². The zero-order valence-electron chi connectivity index (χ0n) is 9.04. The highest BCUT2D eigenvalue weighted by Gasteiger charge is 2.20. The molecular formula is C10H8N4O3S. The molecule has 0 saturated carbocycles. The molecule has 0 atom stereocenters. The lowest BCUT2D eigenvalue weighted by atomic mass is 10.1. The van der Waals surface area contributed by atoms with Crippen LogP contribution in [0.1, 0.15) is 10.4 Å². The van der Waals surface area contributed by atoms with E-state index < -0.39 is 0 Å². The average molecular weight is 264 g/mol. The number of aromatic nitrogens is 2. The van der Waals surface area contributed by atoms with E-state index in [1.54, 1.807) is 12.1 Å². The van der Waals surface area contributed by atoms with Crippen molar-refractivity contribution in [1.29, 1.82) is 0 Å². The Morgan fingerprint density at radius 3 is 2.89 bits per heavy atom. The number of carbonyl (C=O) groups excluding carboxylic acids is 1. The van der Waals surface area contributed by atoms with Gasteiger partial charge in [0.1, 0.15) is 5.00 Å². The van der Waals surface area contributed by atoms with Gasteiger partial charge in [0.05, 0.1) is 11.8 Å². The van der Waals surface area contributed by atoms with Crippen LogP contribution in [0.3, 0.4) is 0 Å². The molecule has 1 aliphatic rings. The van der Waals surface area contributed by atoms with Crippen molar-refractivity contribution in [2.24, 2.45) is 0 Å². The second kappa shape index (κ2) is 4.15. The summed E-state index contributed by atoms with van der Waals surface area (Å²) in [6.45, 7) is 0.138. The molecule has 1 amide bonds. The Hall–Kier alpha value is -2.35. The van der Waals surface area contributed by atoms with Gasteiger partial charge in [0.25, 0.3) is 5.91 Å². The van der Waals surface area contributed by atoms with E-state index in [-0.39, 0.29) is 12.7 Å². The van der Waals surface area contributed by atoms with Crippen molar-refractivity contribution >= 4 is 28.1 Å². The van der Waals surface area contributed by atoms with E-state index in [1.165, 1.54) is 6.20 Å². The number of benzene rings is 1. The highest BCUT2D eigenvalue weighted by Crippen LogP contribution is 2.36. The van der Waals surface area contributed by atoms with Gasteiger partial charge in [-0.2, -0.15) is 0 Å². The first kappa shape index (κ1) is 10.8. The zero-order valence-corrected chi connectivity index (χ0v) is 9.86. The van der Waals surface area contributed by atoms with Crippen LogP contribution in [0.4, 0.5) is 10.7 Å². The molecule has 0 bridgehead atoms. The first-order valence-corrected chi connectivity index (χ1v) is 5.79. The van der Waals surface area contributed by atoms with Crippen molar-refractivity contribution in [2.75, 3.05) is 17.8 Å². The molecule has 0 saturated heterocycles. The Morgan fingerprint density at radius 2 is 2.17 bits per heavy atom. The minimum absolute atomic E-state index is 0.138. The SMILES string of the molecule is Nc1cc2c(cc1C(=O)Nc1cnns1)OCO2. The number of fused-ring (bicyclic) bond motifs is 1. The first-order valence-electron chi connectivity index (χ1n) is 5.02. The summed E-state index contributed by atoms with van der Waals surface area (Å²) in [6, 6.07) is 3.13. The lowest BCUT2D eigenvalue weighted by Gasteiger charge is -2.06. The van der Waals surface area contributed by atoms with Crippen LogP contribution in [0.15, 0.2) is 18.3 Å². The lowest BCUT2D eigenvalue weighted by Crippen LogP contribution is -2.13. The Balaban J connectivity index is 1.90. The minimum atomic E-state index is -0.336. The maximum absolute atomic E-state index is 12.0. The molecule has 0 fully saturated rings. The van der Waals surface area contributed by atoms with Crippen molar-refractivity contribution in [3.8, 4) is 11.5 Å². The molecule has 2 heterocycles. The predicted octanol–water partition coefficient (Wildman–Crippen LogP) is 1.10. The summed E-state index contributed by atoms with van der Waals surface area (Å²) in [5.74, 6) is 0.720. The molecule has 3 N–H and O–H groups in total. The van der Waals surface area contributed by atoms with Gasteiger partial charge < -0.3 is 20.5 Å². The molecule has 0 spiro atoms. The van der Waals surface area contributed by atoms with Crippen molar-refractivity contribution in [1.82, 2.24) is 9.59 Å². The highest BCUT2D eigenvalue weighted by molar-refractivity contribution is 7.10. The second-order valence-electron chi connectivity index (χ2n) is 3.53. The van der Waals surface area contributed by atoms with E-state index in [0.29, 0.717) is 27.8 Å². The number of ether oxygens (including phenoxy) is 2.